The van der Waals surface area contributed by atoms with Crippen LogP contribution in [0.25, 0.3) is 0 Å². The van der Waals surface area contributed by atoms with Crippen LogP contribution in [0.4, 0.5) is 0 Å². The molecule has 2 fully saturated rings. The van der Waals surface area contributed by atoms with Crippen molar-refractivity contribution in [2.75, 3.05) is 0 Å². The van der Waals surface area contributed by atoms with E-state index < -0.39 is 0 Å². The Morgan fingerprint density at radius 2 is 1.86 bits per heavy atom. The highest BCUT2D eigenvalue weighted by molar-refractivity contribution is 5.09. The van der Waals surface area contributed by atoms with Gasteiger partial charge in [0.25, 0.3) is 0 Å². The molecule has 2 aliphatic rings. The minimum Gasteiger partial charge on any atom is -0.0628 e. The highest BCUT2D eigenvalue weighted by Gasteiger charge is 2.60. The summed E-state index contributed by atoms with van der Waals surface area (Å²) in [7, 11) is 0. The van der Waals surface area contributed by atoms with Gasteiger partial charge in [-0.15, -0.1) is 0 Å². The van der Waals surface area contributed by atoms with Crippen LogP contribution in [-0.4, -0.2) is 0 Å². The molecule has 0 aliphatic heterocycles. The van der Waals surface area contributed by atoms with Gasteiger partial charge in [-0.25, -0.2) is 0 Å². The monoisotopic (exact) mass is 194 g/mol. The van der Waals surface area contributed by atoms with Crippen molar-refractivity contribution in [3.05, 3.63) is 0 Å². The van der Waals surface area contributed by atoms with E-state index in [4.69, 9.17) is 0 Å². The molecule has 0 amide bonds. The van der Waals surface area contributed by atoms with Crippen LogP contribution in [0.15, 0.2) is 0 Å². The van der Waals surface area contributed by atoms with Crippen molar-refractivity contribution in [3.8, 4) is 0 Å². The van der Waals surface area contributed by atoms with Crippen molar-refractivity contribution in [1.82, 2.24) is 0 Å². The lowest BCUT2D eigenvalue weighted by atomic mass is 9.65. The van der Waals surface area contributed by atoms with Crippen LogP contribution in [0.1, 0.15) is 60.3 Å². The molecule has 0 aromatic carbocycles. The van der Waals surface area contributed by atoms with E-state index in [0.29, 0.717) is 10.8 Å². The second-order valence-corrected chi connectivity index (χ2v) is 6.94. The van der Waals surface area contributed by atoms with Gasteiger partial charge in [0.1, 0.15) is 0 Å². The Morgan fingerprint density at radius 3 is 2.21 bits per heavy atom. The summed E-state index contributed by atoms with van der Waals surface area (Å²) < 4.78 is 0. The van der Waals surface area contributed by atoms with E-state index in [2.05, 4.69) is 34.6 Å². The molecule has 0 heterocycles. The van der Waals surface area contributed by atoms with Crippen molar-refractivity contribution < 1.29 is 0 Å². The average molecular weight is 194 g/mol. The Morgan fingerprint density at radius 1 is 1.21 bits per heavy atom. The Bertz CT molecular complexity index is 226. The van der Waals surface area contributed by atoms with Gasteiger partial charge >= 0.3 is 0 Å². The second kappa shape index (κ2) is 3.00. The molecule has 0 heteroatoms. The zero-order chi connectivity index (χ0) is 10.6. The molecule has 2 saturated carbocycles. The van der Waals surface area contributed by atoms with Gasteiger partial charge in [-0.3, -0.25) is 0 Å². The van der Waals surface area contributed by atoms with Gasteiger partial charge < -0.3 is 0 Å². The molecular formula is C14H26. The summed E-state index contributed by atoms with van der Waals surface area (Å²) in [5.74, 6) is 2.92. The van der Waals surface area contributed by atoms with Crippen molar-refractivity contribution in [2.24, 2.45) is 28.6 Å². The van der Waals surface area contributed by atoms with E-state index >= 15 is 0 Å². The quantitative estimate of drug-likeness (QED) is 0.607. The van der Waals surface area contributed by atoms with E-state index in [9.17, 15) is 0 Å². The van der Waals surface area contributed by atoms with Gasteiger partial charge in [0.05, 0.1) is 0 Å². The fraction of sp³-hybridized carbons (Fsp3) is 1.00. The van der Waals surface area contributed by atoms with Gasteiger partial charge in [0.15, 0.2) is 0 Å². The Hall–Kier alpha value is 0. The van der Waals surface area contributed by atoms with Gasteiger partial charge in [-0.05, 0) is 54.3 Å². The Kier molecular flexibility index (Phi) is 2.25. The van der Waals surface area contributed by atoms with Gasteiger partial charge in [-0.1, -0.05) is 34.6 Å². The van der Waals surface area contributed by atoms with Gasteiger partial charge in [-0.2, -0.15) is 0 Å². The van der Waals surface area contributed by atoms with E-state index in [1.807, 2.05) is 0 Å². The minimum absolute atomic E-state index is 0.618. The summed E-state index contributed by atoms with van der Waals surface area (Å²) in [6.07, 6.45) is 5.96. The molecule has 0 saturated heterocycles. The Labute approximate surface area is 89.5 Å². The lowest BCUT2D eigenvalue weighted by Gasteiger charge is -2.40. The predicted octanol–water partition coefficient (Wildman–Crippen LogP) is 4.49. The van der Waals surface area contributed by atoms with Crippen LogP contribution in [0.3, 0.4) is 0 Å². The molecule has 0 aromatic rings. The molecule has 3 atom stereocenters. The molecule has 0 nitrogen and oxygen atoms in total. The number of hydrogen-bond donors (Lipinski definition) is 0. The molecule has 2 rings (SSSR count). The molecule has 2 bridgehead atoms. The maximum Gasteiger partial charge on any atom is -0.0243 e. The maximum absolute atomic E-state index is 2.56. The summed E-state index contributed by atoms with van der Waals surface area (Å²) >= 11 is 0. The fourth-order valence-corrected chi connectivity index (χ4v) is 4.30. The predicted molar refractivity (Wildman–Crippen MR) is 62.2 cm³/mol. The summed E-state index contributed by atoms with van der Waals surface area (Å²) in [5, 5.41) is 0. The first kappa shape index (κ1) is 10.5. The first-order chi connectivity index (χ1) is 6.38. The van der Waals surface area contributed by atoms with Crippen LogP contribution in [0.2, 0.25) is 0 Å². The molecule has 0 aromatic heterocycles. The van der Waals surface area contributed by atoms with Crippen molar-refractivity contribution in [1.29, 1.82) is 0 Å². The zero-order valence-corrected chi connectivity index (χ0v) is 10.6. The van der Waals surface area contributed by atoms with Gasteiger partial charge in [0, 0.05) is 0 Å². The van der Waals surface area contributed by atoms with Crippen molar-refractivity contribution in [2.45, 2.75) is 60.3 Å². The lowest BCUT2D eigenvalue weighted by molar-refractivity contribution is 0.0905. The van der Waals surface area contributed by atoms with Crippen LogP contribution in [0.5, 0.6) is 0 Å². The van der Waals surface area contributed by atoms with Gasteiger partial charge in [0.2, 0.25) is 0 Å². The standard InChI is InChI=1S/C14H26/c1-10(2)8-12-9-11-6-7-14(12,5)13(11,3)4/h10-12H,6-9H2,1-5H3. The third-order valence-corrected chi connectivity index (χ3v) is 5.73. The SMILES string of the molecule is CC(C)CC1CC2CCC1(C)C2(C)C. The minimum atomic E-state index is 0.618. The van der Waals surface area contributed by atoms with E-state index in [-0.39, 0.29) is 0 Å². The molecule has 0 spiro atoms. The highest BCUT2D eigenvalue weighted by Crippen LogP contribution is 2.69. The molecular weight excluding hydrogens is 168 g/mol. The topological polar surface area (TPSA) is 0 Å². The normalized spacial score (nSPS) is 45.0. The van der Waals surface area contributed by atoms with Crippen LogP contribution < -0.4 is 0 Å². The molecule has 3 unspecified atom stereocenters. The molecule has 2 aliphatic carbocycles. The Balaban J connectivity index is 2.19. The molecule has 82 valence electrons. The summed E-state index contributed by atoms with van der Waals surface area (Å²) in [5.41, 5.74) is 1.27. The summed E-state index contributed by atoms with van der Waals surface area (Å²) in [6.45, 7) is 12.4. The molecule has 0 N–H and O–H groups in total. The third kappa shape index (κ3) is 1.19. The van der Waals surface area contributed by atoms with Crippen LogP contribution >= 0.6 is 0 Å². The van der Waals surface area contributed by atoms with Crippen molar-refractivity contribution in [3.63, 3.8) is 0 Å². The van der Waals surface area contributed by atoms with E-state index in [1.165, 1.54) is 25.7 Å². The van der Waals surface area contributed by atoms with Crippen LogP contribution in [-0.2, 0) is 0 Å². The smallest absolute Gasteiger partial charge is 0.0243 e. The highest BCUT2D eigenvalue weighted by atomic mass is 14.6. The van der Waals surface area contributed by atoms with Crippen molar-refractivity contribution >= 4 is 0 Å². The average Bonchev–Trinajstić information content (AvgIpc) is 2.35. The summed E-state index contributed by atoms with van der Waals surface area (Å²) in [6, 6.07) is 0. The van der Waals surface area contributed by atoms with E-state index in [1.54, 1.807) is 0 Å². The van der Waals surface area contributed by atoms with Crippen LogP contribution in [0, 0.1) is 28.6 Å². The van der Waals surface area contributed by atoms with E-state index in [0.717, 1.165) is 17.8 Å². The maximum atomic E-state index is 2.56. The number of fused-ring (bicyclic) bond motifs is 2. The molecule has 0 radical (unpaired) electrons. The number of rotatable bonds is 2. The number of hydrogen-bond acceptors (Lipinski definition) is 0. The first-order valence-corrected chi connectivity index (χ1v) is 6.38. The second-order valence-electron chi connectivity index (χ2n) is 6.94. The molecule has 14 heavy (non-hydrogen) atoms. The largest absolute Gasteiger partial charge is 0.0628 e. The fourth-order valence-electron chi connectivity index (χ4n) is 4.30. The zero-order valence-electron chi connectivity index (χ0n) is 10.6. The lowest BCUT2D eigenvalue weighted by Crippen LogP contribution is -2.32. The third-order valence-electron chi connectivity index (χ3n) is 5.73. The first-order valence-electron chi connectivity index (χ1n) is 6.38. The summed E-state index contributed by atoms with van der Waals surface area (Å²) in [4.78, 5) is 0.